The summed E-state index contributed by atoms with van der Waals surface area (Å²) < 4.78 is 0. The summed E-state index contributed by atoms with van der Waals surface area (Å²) in [7, 11) is 0. The maximum absolute atomic E-state index is 11.6. The molecule has 16 heavy (non-hydrogen) atoms. The minimum absolute atomic E-state index is 0.100. The van der Waals surface area contributed by atoms with Crippen molar-refractivity contribution in [3.8, 4) is 0 Å². The first-order valence-corrected chi connectivity index (χ1v) is 5.07. The van der Waals surface area contributed by atoms with Gasteiger partial charge in [0.25, 0.3) is 0 Å². The number of carbonyl (C=O) groups excluding carboxylic acids is 2. The lowest BCUT2D eigenvalue weighted by molar-refractivity contribution is -0.144. The second-order valence-electron chi connectivity index (χ2n) is 4.10. The van der Waals surface area contributed by atoms with Crippen LogP contribution >= 0.6 is 0 Å². The largest absolute Gasteiger partial charge is 0.480 e. The van der Waals surface area contributed by atoms with Gasteiger partial charge in [-0.1, -0.05) is 20.8 Å². The molecule has 0 rings (SSSR count). The maximum Gasteiger partial charge on any atom is 0.326 e. The van der Waals surface area contributed by atoms with Gasteiger partial charge in [-0.05, 0) is 5.92 Å². The number of carboxylic acids is 1. The fourth-order valence-corrected chi connectivity index (χ4v) is 1.01. The van der Waals surface area contributed by atoms with Gasteiger partial charge in [0.05, 0.1) is 6.42 Å². The first-order valence-electron chi connectivity index (χ1n) is 5.07. The molecule has 0 aliphatic heterocycles. The molecule has 4 N–H and O–H groups in total. The Morgan fingerprint density at radius 3 is 2.06 bits per heavy atom. The SMILES string of the molecule is CC(C)C(C)C(=O)N[C@H](CC(N)=O)C(=O)O. The molecule has 6 heteroatoms. The van der Waals surface area contributed by atoms with Crippen LogP contribution in [0.5, 0.6) is 0 Å². The number of aliphatic carboxylic acids is 1. The van der Waals surface area contributed by atoms with Crippen LogP contribution < -0.4 is 11.1 Å². The average molecular weight is 230 g/mol. The maximum atomic E-state index is 11.6. The number of nitrogens with one attached hydrogen (secondary N) is 1. The van der Waals surface area contributed by atoms with Crippen molar-refractivity contribution in [2.24, 2.45) is 17.6 Å². The number of primary amides is 1. The highest BCUT2D eigenvalue weighted by atomic mass is 16.4. The molecule has 92 valence electrons. The first kappa shape index (κ1) is 14.4. The van der Waals surface area contributed by atoms with Crippen LogP contribution in [0.1, 0.15) is 27.2 Å². The molecule has 0 heterocycles. The van der Waals surface area contributed by atoms with Crippen molar-refractivity contribution in [2.45, 2.75) is 33.2 Å². The molecule has 0 bridgehead atoms. The Labute approximate surface area is 94.2 Å². The quantitative estimate of drug-likeness (QED) is 0.583. The standard InChI is InChI=1S/C10H18N2O4/c1-5(2)6(3)9(14)12-7(10(15)16)4-8(11)13/h5-7H,4H2,1-3H3,(H2,11,13)(H,12,14)(H,15,16)/t6?,7-/m1/s1. The van der Waals surface area contributed by atoms with Crippen LogP contribution in [0, 0.1) is 11.8 Å². The molecule has 0 aliphatic rings. The fraction of sp³-hybridized carbons (Fsp3) is 0.700. The summed E-state index contributed by atoms with van der Waals surface area (Å²) in [6, 6.07) is -1.24. The third-order valence-corrected chi connectivity index (χ3v) is 2.43. The second kappa shape index (κ2) is 6.09. The molecule has 0 radical (unpaired) electrons. The molecule has 0 aliphatic carbocycles. The summed E-state index contributed by atoms with van der Waals surface area (Å²) in [4.78, 5) is 32.9. The Kier molecular flexibility index (Phi) is 5.49. The minimum atomic E-state index is -1.26. The predicted molar refractivity (Wildman–Crippen MR) is 57.4 cm³/mol. The molecule has 0 saturated carbocycles. The number of nitrogens with two attached hydrogens (primary N) is 1. The number of amides is 2. The molecule has 0 aromatic heterocycles. The second-order valence-corrected chi connectivity index (χ2v) is 4.10. The Bertz CT molecular complexity index is 289. The van der Waals surface area contributed by atoms with E-state index >= 15 is 0 Å². The van der Waals surface area contributed by atoms with Crippen molar-refractivity contribution >= 4 is 17.8 Å². The minimum Gasteiger partial charge on any atom is -0.480 e. The van der Waals surface area contributed by atoms with Gasteiger partial charge < -0.3 is 16.2 Å². The topological polar surface area (TPSA) is 109 Å². The van der Waals surface area contributed by atoms with Gasteiger partial charge in [0, 0.05) is 5.92 Å². The van der Waals surface area contributed by atoms with Gasteiger partial charge in [0.15, 0.2) is 0 Å². The van der Waals surface area contributed by atoms with E-state index in [0.717, 1.165) is 0 Å². The van der Waals surface area contributed by atoms with Crippen LogP contribution in [0.3, 0.4) is 0 Å². The zero-order valence-electron chi connectivity index (χ0n) is 9.69. The summed E-state index contributed by atoms with van der Waals surface area (Å²) in [5, 5.41) is 11.1. The van der Waals surface area contributed by atoms with E-state index in [-0.39, 0.29) is 17.7 Å². The van der Waals surface area contributed by atoms with E-state index < -0.39 is 24.3 Å². The van der Waals surface area contributed by atoms with Gasteiger partial charge in [-0.3, -0.25) is 9.59 Å². The molecule has 2 amide bonds. The van der Waals surface area contributed by atoms with Crippen LogP contribution in [0.25, 0.3) is 0 Å². The van der Waals surface area contributed by atoms with Crippen LogP contribution in [0.2, 0.25) is 0 Å². The van der Waals surface area contributed by atoms with Crippen molar-refractivity contribution in [1.82, 2.24) is 5.32 Å². The smallest absolute Gasteiger partial charge is 0.326 e. The van der Waals surface area contributed by atoms with Gasteiger partial charge in [0.1, 0.15) is 6.04 Å². The Morgan fingerprint density at radius 1 is 1.25 bits per heavy atom. The molecule has 1 unspecified atom stereocenters. The molecular weight excluding hydrogens is 212 g/mol. The lowest BCUT2D eigenvalue weighted by atomic mass is 9.97. The van der Waals surface area contributed by atoms with E-state index in [1.165, 1.54) is 0 Å². The van der Waals surface area contributed by atoms with Gasteiger partial charge >= 0.3 is 5.97 Å². The van der Waals surface area contributed by atoms with Crippen LogP contribution in [-0.4, -0.2) is 28.9 Å². The molecule has 6 nitrogen and oxygen atoms in total. The van der Waals surface area contributed by atoms with E-state index in [1.54, 1.807) is 6.92 Å². The van der Waals surface area contributed by atoms with E-state index in [9.17, 15) is 14.4 Å². The average Bonchev–Trinajstić information content (AvgIpc) is 2.14. The molecule has 0 spiro atoms. The number of rotatable bonds is 6. The summed E-state index contributed by atoms with van der Waals surface area (Å²) in [6.07, 6.45) is -0.397. The van der Waals surface area contributed by atoms with Gasteiger partial charge in [-0.25, -0.2) is 4.79 Å². The van der Waals surface area contributed by atoms with Crippen LogP contribution in [0.15, 0.2) is 0 Å². The highest BCUT2D eigenvalue weighted by Gasteiger charge is 2.25. The third kappa shape index (κ3) is 4.77. The Hall–Kier alpha value is -1.59. The molecule has 0 fully saturated rings. The number of hydrogen-bond donors (Lipinski definition) is 3. The molecule has 0 aromatic rings. The van der Waals surface area contributed by atoms with E-state index in [1.807, 2.05) is 13.8 Å². The summed E-state index contributed by atoms with van der Waals surface area (Å²) in [5.74, 6) is -2.62. The van der Waals surface area contributed by atoms with Gasteiger partial charge in [-0.2, -0.15) is 0 Å². The number of hydrogen-bond acceptors (Lipinski definition) is 3. The van der Waals surface area contributed by atoms with Crippen LogP contribution in [0.4, 0.5) is 0 Å². The highest BCUT2D eigenvalue weighted by molar-refractivity contribution is 5.88. The lowest BCUT2D eigenvalue weighted by Crippen LogP contribution is -2.46. The van der Waals surface area contributed by atoms with Crippen molar-refractivity contribution in [1.29, 1.82) is 0 Å². The van der Waals surface area contributed by atoms with Crippen molar-refractivity contribution in [3.05, 3.63) is 0 Å². The van der Waals surface area contributed by atoms with Gasteiger partial charge in [0.2, 0.25) is 11.8 Å². The lowest BCUT2D eigenvalue weighted by Gasteiger charge is -2.18. The number of carbonyl (C=O) groups is 3. The van der Waals surface area contributed by atoms with E-state index in [2.05, 4.69) is 5.32 Å². The van der Waals surface area contributed by atoms with Crippen molar-refractivity contribution in [3.63, 3.8) is 0 Å². The van der Waals surface area contributed by atoms with Crippen molar-refractivity contribution in [2.75, 3.05) is 0 Å². The fourth-order valence-electron chi connectivity index (χ4n) is 1.01. The highest BCUT2D eigenvalue weighted by Crippen LogP contribution is 2.10. The van der Waals surface area contributed by atoms with E-state index in [0.29, 0.717) is 0 Å². The van der Waals surface area contributed by atoms with Crippen LogP contribution in [-0.2, 0) is 14.4 Å². The van der Waals surface area contributed by atoms with Crippen molar-refractivity contribution < 1.29 is 19.5 Å². The zero-order chi connectivity index (χ0) is 12.9. The monoisotopic (exact) mass is 230 g/mol. The summed E-state index contributed by atoms with van der Waals surface area (Å²) in [6.45, 7) is 5.41. The molecule has 0 saturated heterocycles. The zero-order valence-corrected chi connectivity index (χ0v) is 9.69. The normalized spacial score (nSPS) is 14.2. The van der Waals surface area contributed by atoms with E-state index in [4.69, 9.17) is 10.8 Å². The summed E-state index contributed by atoms with van der Waals surface area (Å²) >= 11 is 0. The summed E-state index contributed by atoms with van der Waals surface area (Å²) in [5.41, 5.74) is 4.89. The Morgan fingerprint density at radius 2 is 1.75 bits per heavy atom. The predicted octanol–water partition coefficient (Wildman–Crippen LogP) is -0.277. The van der Waals surface area contributed by atoms with Gasteiger partial charge in [-0.15, -0.1) is 0 Å². The molecular formula is C10H18N2O4. The third-order valence-electron chi connectivity index (χ3n) is 2.43. The first-order chi connectivity index (χ1) is 7.25. The Balaban J connectivity index is 4.46. The molecule has 0 aromatic carbocycles. The number of carboxylic acid groups (broad SMARTS) is 1. The molecule has 2 atom stereocenters.